The molecule has 0 rings (SSSR count). The van der Waals surface area contributed by atoms with E-state index in [0.29, 0.717) is 0 Å². The van der Waals surface area contributed by atoms with E-state index in [-0.39, 0.29) is 6.54 Å². The molecule has 11 heteroatoms. The first-order valence-corrected chi connectivity index (χ1v) is 6.24. The summed E-state index contributed by atoms with van der Waals surface area (Å²) >= 11 is 0. The molecule has 0 aliphatic rings. The smallest absolute Gasteiger partial charge is 0.326 e. The average molecular weight is 317 g/mol. The molecule has 0 aromatic rings. The van der Waals surface area contributed by atoms with Crippen LogP contribution in [-0.4, -0.2) is 59.9 Å². The van der Waals surface area contributed by atoms with Crippen LogP contribution in [0.4, 0.5) is 0 Å². The molecule has 0 radical (unpaired) electrons. The van der Waals surface area contributed by atoms with Crippen LogP contribution in [0.5, 0.6) is 0 Å². The van der Waals surface area contributed by atoms with Gasteiger partial charge in [-0.15, -0.1) is 0 Å². The number of aliphatic carboxylic acids is 1. The van der Waals surface area contributed by atoms with Crippen molar-refractivity contribution in [2.45, 2.75) is 25.4 Å². The van der Waals surface area contributed by atoms with Gasteiger partial charge in [-0.1, -0.05) is 0 Å². The fourth-order valence-corrected chi connectivity index (χ4v) is 1.22. The topological polar surface area (TPSA) is 194 Å². The number of carbonyl (C=O) groups excluding carboxylic acids is 4. The summed E-state index contributed by atoms with van der Waals surface area (Å²) in [7, 11) is 0. The van der Waals surface area contributed by atoms with Crippen LogP contribution in [0, 0.1) is 0 Å². The van der Waals surface area contributed by atoms with Crippen LogP contribution in [0.2, 0.25) is 0 Å². The lowest BCUT2D eigenvalue weighted by atomic mass is 10.2. The van der Waals surface area contributed by atoms with Gasteiger partial charge in [-0.25, -0.2) is 4.79 Å². The van der Waals surface area contributed by atoms with Gasteiger partial charge in [0.1, 0.15) is 6.04 Å². The van der Waals surface area contributed by atoms with Crippen LogP contribution in [0.25, 0.3) is 0 Å². The summed E-state index contributed by atoms with van der Waals surface area (Å²) < 4.78 is 0. The van der Waals surface area contributed by atoms with Gasteiger partial charge in [0.25, 0.3) is 0 Å². The summed E-state index contributed by atoms with van der Waals surface area (Å²) in [4.78, 5) is 55.3. The molecule has 0 aromatic carbocycles. The summed E-state index contributed by atoms with van der Waals surface area (Å²) in [5, 5.41) is 15.2. The highest BCUT2D eigenvalue weighted by Gasteiger charge is 2.22. The lowest BCUT2D eigenvalue weighted by Gasteiger charge is -2.13. The first-order chi connectivity index (χ1) is 10.1. The number of carboxylic acid groups (broad SMARTS) is 1. The zero-order chi connectivity index (χ0) is 17.3. The van der Waals surface area contributed by atoms with Gasteiger partial charge in [0.2, 0.25) is 23.6 Å². The maximum Gasteiger partial charge on any atom is 0.326 e. The van der Waals surface area contributed by atoms with Crippen molar-refractivity contribution >= 4 is 29.6 Å². The van der Waals surface area contributed by atoms with Gasteiger partial charge in [-0.05, 0) is 6.92 Å². The lowest BCUT2D eigenvalue weighted by Crippen LogP contribution is -2.49. The fraction of sp³-hybridized carbons (Fsp3) is 0.545. The number of amides is 4. The molecule has 0 aromatic heterocycles. The van der Waals surface area contributed by atoms with Crippen LogP contribution < -0.4 is 27.4 Å². The van der Waals surface area contributed by atoms with Crippen molar-refractivity contribution < 1.29 is 29.1 Å². The second kappa shape index (κ2) is 9.28. The largest absolute Gasteiger partial charge is 0.480 e. The van der Waals surface area contributed by atoms with Crippen molar-refractivity contribution in [3.05, 3.63) is 0 Å². The van der Waals surface area contributed by atoms with E-state index in [9.17, 15) is 24.0 Å². The van der Waals surface area contributed by atoms with E-state index in [2.05, 4.69) is 10.6 Å². The SMILES string of the molecule is CC(N)C(=O)NCC(=O)NCC(=O)NC(CC(N)=O)C(=O)O. The van der Waals surface area contributed by atoms with Gasteiger partial charge in [0.15, 0.2) is 0 Å². The Morgan fingerprint density at radius 2 is 1.59 bits per heavy atom. The summed E-state index contributed by atoms with van der Waals surface area (Å²) in [6.07, 6.45) is -0.570. The van der Waals surface area contributed by atoms with Crippen molar-refractivity contribution in [2.24, 2.45) is 11.5 Å². The molecule has 0 saturated carbocycles. The van der Waals surface area contributed by atoms with E-state index in [0.717, 1.165) is 0 Å². The highest BCUT2D eigenvalue weighted by atomic mass is 16.4. The number of carbonyl (C=O) groups is 5. The summed E-state index contributed by atoms with van der Waals surface area (Å²) in [6.45, 7) is 0.540. The van der Waals surface area contributed by atoms with Crippen molar-refractivity contribution in [1.29, 1.82) is 0 Å². The van der Waals surface area contributed by atoms with Crippen LogP contribution >= 0.6 is 0 Å². The zero-order valence-corrected chi connectivity index (χ0v) is 11.9. The molecule has 22 heavy (non-hydrogen) atoms. The standard InChI is InChI=1S/C11H19N5O6/c1-5(12)10(20)15-3-8(18)14-4-9(19)16-6(11(21)22)2-7(13)17/h5-6H,2-4,12H2,1H3,(H2,13,17)(H,14,18)(H,15,20)(H,16,19)(H,21,22). The third kappa shape index (κ3) is 8.47. The Kier molecular flexibility index (Phi) is 8.15. The number of rotatable bonds is 9. The van der Waals surface area contributed by atoms with Crippen molar-refractivity contribution in [2.75, 3.05) is 13.1 Å². The highest BCUT2D eigenvalue weighted by molar-refractivity contribution is 5.91. The first kappa shape index (κ1) is 19.3. The third-order valence-corrected chi connectivity index (χ3v) is 2.32. The number of nitrogens with one attached hydrogen (secondary N) is 3. The lowest BCUT2D eigenvalue weighted by molar-refractivity contribution is -0.143. The number of carboxylic acids is 1. The molecule has 0 aliphatic carbocycles. The molecule has 0 aliphatic heterocycles. The van der Waals surface area contributed by atoms with Gasteiger partial charge < -0.3 is 32.5 Å². The Bertz CT molecular complexity index is 464. The number of hydrogen-bond acceptors (Lipinski definition) is 6. The van der Waals surface area contributed by atoms with E-state index in [4.69, 9.17) is 16.6 Å². The number of hydrogen-bond donors (Lipinski definition) is 6. The summed E-state index contributed by atoms with van der Waals surface area (Å²) in [6, 6.07) is -2.25. The quantitative estimate of drug-likeness (QED) is 0.249. The molecular formula is C11H19N5O6. The molecule has 8 N–H and O–H groups in total. The van der Waals surface area contributed by atoms with E-state index in [1.807, 2.05) is 5.32 Å². The maximum atomic E-state index is 11.4. The van der Waals surface area contributed by atoms with E-state index >= 15 is 0 Å². The van der Waals surface area contributed by atoms with Crippen molar-refractivity contribution in [3.8, 4) is 0 Å². The molecule has 2 unspecified atom stereocenters. The minimum atomic E-state index is -1.47. The van der Waals surface area contributed by atoms with Crippen LogP contribution in [0.15, 0.2) is 0 Å². The summed E-state index contributed by atoms with van der Waals surface area (Å²) in [5.74, 6) is -4.34. The zero-order valence-electron chi connectivity index (χ0n) is 11.9. The van der Waals surface area contributed by atoms with Gasteiger partial charge in [0, 0.05) is 0 Å². The molecule has 0 heterocycles. The highest BCUT2D eigenvalue weighted by Crippen LogP contribution is 1.91. The van der Waals surface area contributed by atoms with Crippen LogP contribution in [0.1, 0.15) is 13.3 Å². The Hall–Kier alpha value is -2.69. The first-order valence-electron chi connectivity index (χ1n) is 6.24. The Labute approximate surface area is 125 Å². The van der Waals surface area contributed by atoms with Gasteiger partial charge in [-0.3, -0.25) is 19.2 Å². The molecule has 0 saturated heterocycles. The van der Waals surface area contributed by atoms with E-state index < -0.39 is 54.6 Å². The molecule has 2 atom stereocenters. The fourth-order valence-electron chi connectivity index (χ4n) is 1.22. The summed E-state index contributed by atoms with van der Waals surface area (Å²) in [5.41, 5.74) is 10.1. The van der Waals surface area contributed by atoms with Gasteiger partial charge in [0.05, 0.1) is 25.6 Å². The monoisotopic (exact) mass is 317 g/mol. The van der Waals surface area contributed by atoms with Crippen molar-refractivity contribution in [1.82, 2.24) is 16.0 Å². The van der Waals surface area contributed by atoms with Gasteiger partial charge in [-0.2, -0.15) is 0 Å². The normalized spacial score (nSPS) is 12.6. The Morgan fingerprint density at radius 1 is 1.05 bits per heavy atom. The molecule has 0 fully saturated rings. The molecule has 4 amide bonds. The minimum Gasteiger partial charge on any atom is -0.480 e. The van der Waals surface area contributed by atoms with E-state index in [1.54, 1.807) is 0 Å². The number of nitrogens with two attached hydrogens (primary N) is 2. The molecule has 0 bridgehead atoms. The predicted octanol–water partition coefficient (Wildman–Crippen LogP) is -3.99. The van der Waals surface area contributed by atoms with E-state index in [1.165, 1.54) is 6.92 Å². The Morgan fingerprint density at radius 3 is 2.05 bits per heavy atom. The molecular weight excluding hydrogens is 298 g/mol. The minimum absolute atomic E-state index is 0.378. The second-order valence-corrected chi connectivity index (χ2v) is 4.41. The average Bonchev–Trinajstić information content (AvgIpc) is 2.40. The maximum absolute atomic E-state index is 11.4. The Balaban J connectivity index is 4.16. The predicted molar refractivity (Wildman–Crippen MR) is 73.0 cm³/mol. The second-order valence-electron chi connectivity index (χ2n) is 4.41. The van der Waals surface area contributed by atoms with Crippen LogP contribution in [0.3, 0.4) is 0 Å². The molecule has 11 nitrogen and oxygen atoms in total. The molecule has 124 valence electrons. The third-order valence-electron chi connectivity index (χ3n) is 2.32. The number of primary amides is 1. The van der Waals surface area contributed by atoms with Crippen LogP contribution in [-0.2, 0) is 24.0 Å². The molecule has 0 spiro atoms. The van der Waals surface area contributed by atoms with Crippen molar-refractivity contribution in [3.63, 3.8) is 0 Å². The van der Waals surface area contributed by atoms with Gasteiger partial charge >= 0.3 is 5.97 Å².